The Morgan fingerprint density at radius 3 is 2.90 bits per heavy atom. The third-order valence-corrected chi connectivity index (χ3v) is 4.19. The second-order valence-corrected chi connectivity index (χ2v) is 5.82. The Balaban J connectivity index is 2.13. The van der Waals surface area contributed by atoms with E-state index in [9.17, 15) is 8.42 Å². The molecule has 0 amide bonds. The quantitative estimate of drug-likeness (QED) is 0.617. The molecule has 10 heteroatoms. The number of hydrogen-bond acceptors (Lipinski definition) is 6. The molecule has 0 fully saturated rings. The molecule has 0 spiro atoms. The number of H-pyrrole nitrogens is 1. The van der Waals surface area contributed by atoms with Gasteiger partial charge < -0.3 is 9.88 Å². The first-order valence-corrected chi connectivity index (χ1v) is 7.60. The van der Waals surface area contributed by atoms with E-state index in [1.807, 2.05) is 6.92 Å². The summed E-state index contributed by atoms with van der Waals surface area (Å²) in [6.45, 7) is 3.10. The number of aromatic nitrogens is 5. The van der Waals surface area contributed by atoms with Crippen LogP contribution in [0.2, 0.25) is 0 Å². The molecule has 9 nitrogen and oxygen atoms in total. The number of nitrogens with zero attached hydrogens (tertiary/aromatic N) is 4. The van der Waals surface area contributed by atoms with Crippen LogP contribution in [0.5, 0.6) is 0 Å². The van der Waals surface area contributed by atoms with Crippen LogP contribution in [-0.4, -0.2) is 40.4 Å². The van der Waals surface area contributed by atoms with E-state index in [4.69, 9.17) is 0 Å². The van der Waals surface area contributed by atoms with Crippen molar-refractivity contribution >= 4 is 10.0 Å². The van der Waals surface area contributed by atoms with Gasteiger partial charge in [-0.15, -0.1) is 10.2 Å². The van der Waals surface area contributed by atoms with Crippen molar-refractivity contribution in [2.45, 2.75) is 31.6 Å². The molecule has 0 aliphatic heterocycles. The monoisotopic (exact) mass is 299 g/mol. The first-order chi connectivity index (χ1) is 9.58. The van der Waals surface area contributed by atoms with Crippen LogP contribution in [0.15, 0.2) is 17.6 Å². The van der Waals surface area contributed by atoms with Crippen molar-refractivity contribution in [2.75, 3.05) is 7.05 Å². The summed E-state index contributed by atoms with van der Waals surface area (Å²) in [7, 11) is -1.92. The molecule has 0 radical (unpaired) electrons. The minimum absolute atomic E-state index is 0.0643. The fourth-order valence-corrected chi connectivity index (χ4v) is 2.87. The molecule has 110 valence electrons. The normalized spacial score (nSPS) is 11.9. The molecule has 0 saturated carbocycles. The summed E-state index contributed by atoms with van der Waals surface area (Å²) < 4.78 is 28.7. The molecule has 0 aliphatic carbocycles. The lowest BCUT2D eigenvalue weighted by Gasteiger charge is -2.07. The van der Waals surface area contributed by atoms with Gasteiger partial charge in [-0.25, -0.2) is 13.1 Å². The molecule has 0 aromatic carbocycles. The summed E-state index contributed by atoms with van der Waals surface area (Å²) in [5.41, 5.74) is 0.581. The molecule has 0 bridgehead atoms. The summed E-state index contributed by atoms with van der Waals surface area (Å²) in [4.78, 5) is 0. The van der Waals surface area contributed by atoms with Gasteiger partial charge in [0.05, 0.1) is 12.7 Å². The predicted octanol–water partition coefficient (Wildman–Crippen LogP) is -0.781. The standard InChI is InChI=1S/C10H17N7O2S/c1-3-17-7-13-15-9(17)6-14-20(18,19)10-8(4-11-2)5-12-16-10/h5,7,11,14H,3-4,6H2,1-2H3,(H,12,16). The van der Waals surface area contributed by atoms with Crippen LogP contribution >= 0.6 is 0 Å². The van der Waals surface area contributed by atoms with Gasteiger partial charge in [0.1, 0.15) is 12.2 Å². The molecule has 0 atom stereocenters. The van der Waals surface area contributed by atoms with E-state index in [2.05, 4.69) is 30.4 Å². The SMILES string of the molecule is CCn1cnnc1CNS(=O)(=O)c1[nH]ncc1CNC. The van der Waals surface area contributed by atoms with Gasteiger partial charge in [0.15, 0.2) is 5.03 Å². The van der Waals surface area contributed by atoms with Crippen molar-refractivity contribution in [3.05, 3.63) is 23.9 Å². The van der Waals surface area contributed by atoms with Gasteiger partial charge in [-0.1, -0.05) is 0 Å². The van der Waals surface area contributed by atoms with E-state index >= 15 is 0 Å². The largest absolute Gasteiger partial charge is 0.317 e. The number of nitrogens with one attached hydrogen (secondary N) is 3. The maximum absolute atomic E-state index is 12.2. The third-order valence-electron chi connectivity index (χ3n) is 2.77. The van der Waals surface area contributed by atoms with Crippen molar-refractivity contribution in [1.29, 1.82) is 0 Å². The first-order valence-electron chi connectivity index (χ1n) is 6.11. The molecular formula is C10H17N7O2S. The van der Waals surface area contributed by atoms with Gasteiger partial charge in [-0.3, -0.25) is 5.10 Å². The average molecular weight is 299 g/mol. The van der Waals surface area contributed by atoms with Gasteiger partial charge in [-0.2, -0.15) is 5.10 Å². The predicted molar refractivity (Wildman–Crippen MR) is 71.1 cm³/mol. The summed E-state index contributed by atoms with van der Waals surface area (Å²) in [6.07, 6.45) is 3.05. The van der Waals surface area contributed by atoms with Gasteiger partial charge in [0, 0.05) is 18.7 Å². The highest BCUT2D eigenvalue weighted by Gasteiger charge is 2.21. The van der Waals surface area contributed by atoms with Gasteiger partial charge in [0.25, 0.3) is 10.0 Å². The average Bonchev–Trinajstić information content (AvgIpc) is 3.05. The van der Waals surface area contributed by atoms with Crippen molar-refractivity contribution in [1.82, 2.24) is 35.0 Å². The Hall–Kier alpha value is -1.78. The Morgan fingerprint density at radius 1 is 1.40 bits per heavy atom. The second kappa shape index (κ2) is 6.11. The van der Waals surface area contributed by atoms with Gasteiger partial charge in [0.2, 0.25) is 0 Å². The minimum Gasteiger partial charge on any atom is -0.317 e. The smallest absolute Gasteiger partial charge is 0.258 e. The van der Waals surface area contributed by atoms with E-state index in [-0.39, 0.29) is 11.6 Å². The van der Waals surface area contributed by atoms with E-state index < -0.39 is 10.0 Å². The number of aryl methyl sites for hydroxylation is 1. The van der Waals surface area contributed by atoms with Crippen LogP contribution in [0.4, 0.5) is 0 Å². The molecule has 20 heavy (non-hydrogen) atoms. The van der Waals surface area contributed by atoms with Gasteiger partial charge >= 0.3 is 0 Å². The minimum atomic E-state index is -3.66. The van der Waals surface area contributed by atoms with E-state index in [0.717, 1.165) is 0 Å². The Morgan fingerprint density at radius 2 is 2.20 bits per heavy atom. The lowest BCUT2D eigenvalue weighted by atomic mass is 10.4. The topological polar surface area (TPSA) is 118 Å². The zero-order valence-corrected chi connectivity index (χ0v) is 12.1. The van der Waals surface area contributed by atoms with Crippen LogP contribution in [0.25, 0.3) is 0 Å². The molecule has 2 aromatic rings. The molecule has 0 saturated heterocycles. The molecule has 2 heterocycles. The van der Waals surface area contributed by atoms with E-state index in [0.29, 0.717) is 24.5 Å². The van der Waals surface area contributed by atoms with Crippen molar-refractivity contribution in [2.24, 2.45) is 0 Å². The number of rotatable bonds is 7. The molecule has 2 rings (SSSR count). The molecule has 0 aliphatic rings. The summed E-state index contributed by atoms with van der Waals surface area (Å²) in [5, 5.41) is 16.9. The molecule has 3 N–H and O–H groups in total. The van der Waals surface area contributed by atoms with Crippen molar-refractivity contribution in [3.8, 4) is 0 Å². The molecule has 0 unspecified atom stereocenters. The third kappa shape index (κ3) is 3.03. The van der Waals surface area contributed by atoms with Crippen molar-refractivity contribution < 1.29 is 8.42 Å². The number of aromatic amines is 1. The van der Waals surface area contributed by atoms with Crippen LogP contribution < -0.4 is 10.0 Å². The zero-order valence-electron chi connectivity index (χ0n) is 11.3. The highest BCUT2D eigenvalue weighted by atomic mass is 32.2. The Bertz CT molecular complexity index is 661. The van der Waals surface area contributed by atoms with Crippen LogP contribution in [-0.2, 0) is 29.7 Å². The van der Waals surface area contributed by atoms with E-state index in [1.165, 1.54) is 6.20 Å². The maximum Gasteiger partial charge on any atom is 0.258 e. The lowest BCUT2D eigenvalue weighted by molar-refractivity contribution is 0.569. The highest BCUT2D eigenvalue weighted by Crippen LogP contribution is 2.11. The summed E-state index contributed by atoms with van der Waals surface area (Å²) in [5.74, 6) is 0.561. The fourth-order valence-electron chi connectivity index (χ4n) is 1.76. The van der Waals surface area contributed by atoms with Crippen LogP contribution in [0.1, 0.15) is 18.3 Å². The zero-order chi connectivity index (χ0) is 14.6. The van der Waals surface area contributed by atoms with Gasteiger partial charge in [-0.05, 0) is 14.0 Å². The fraction of sp³-hybridized carbons (Fsp3) is 0.500. The van der Waals surface area contributed by atoms with E-state index in [1.54, 1.807) is 17.9 Å². The number of hydrogen-bond donors (Lipinski definition) is 3. The summed E-state index contributed by atoms with van der Waals surface area (Å²) >= 11 is 0. The maximum atomic E-state index is 12.2. The molecule has 2 aromatic heterocycles. The Kier molecular flexibility index (Phi) is 4.47. The Labute approximate surface area is 116 Å². The number of sulfonamides is 1. The highest BCUT2D eigenvalue weighted by molar-refractivity contribution is 7.89. The second-order valence-electron chi connectivity index (χ2n) is 4.11. The lowest BCUT2D eigenvalue weighted by Crippen LogP contribution is -2.26. The summed E-state index contributed by atoms with van der Waals surface area (Å²) in [6, 6.07) is 0. The van der Waals surface area contributed by atoms with Crippen LogP contribution in [0.3, 0.4) is 0 Å². The molecular weight excluding hydrogens is 282 g/mol. The first kappa shape index (κ1) is 14.6. The van der Waals surface area contributed by atoms with Crippen LogP contribution in [0, 0.1) is 0 Å². The van der Waals surface area contributed by atoms with Crippen molar-refractivity contribution in [3.63, 3.8) is 0 Å².